The number of hydrogen-bond donors (Lipinski definition) is 1. The molecule has 1 atom stereocenters. The Labute approximate surface area is 123 Å². The maximum absolute atomic E-state index is 11.4. The molecule has 3 rings (SSSR count). The van der Waals surface area contributed by atoms with Crippen molar-refractivity contribution in [2.75, 3.05) is 18.0 Å². The van der Waals surface area contributed by atoms with E-state index in [2.05, 4.69) is 11.1 Å². The number of anilines is 1. The van der Waals surface area contributed by atoms with Crippen LogP contribution >= 0.6 is 0 Å². The zero-order valence-corrected chi connectivity index (χ0v) is 11.6. The predicted molar refractivity (Wildman–Crippen MR) is 80.6 cm³/mol. The second-order valence-corrected chi connectivity index (χ2v) is 5.35. The first-order valence-corrected chi connectivity index (χ1v) is 7.03. The van der Waals surface area contributed by atoms with Gasteiger partial charge in [-0.3, -0.25) is 4.79 Å². The van der Waals surface area contributed by atoms with E-state index < -0.39 is 0 Å². The van der Waals surface area contributed by atoms with E-state index in [9.17, 15) is 10.1 Å². The number of fused-ring (bicyclic) bond motifs is 1. The highest BCUT2D eigenvalue weighted by Crippen LogP contribution is 2.27. The Bertz CT molecular complexity index is 735. The van der Waals surface area contributed by atoms with Gasteiger partial charge in [-0.1, -0.05) is 18.2 Å². The molecule has 1 aliphatic rings. The molecule has 0 bridgehead atoms. The SMILES string of the molecule is N#Cc1cc2ccccc2nc1N1CCCC(C(N)=O)C1. The maximum Gasteiger partial charge on any atom is 0.222 e. The van der Waals surface area contributed by atoms with Crippen molar-refractivity contribution in [3.05, 3.63) is 35.9 Å². The van der Waals surface area contributed by atoms with E-state index in [0.717, 1.165) is 30.3 Å². The zero-order valence-electron chi connectivity index (χ0n) is 11.6. The number of para-hydroxylation sites is 1. The van der Waals surface area contributed by atoms with Crippen LogP contribution in [0.25, 0.3) is 10.9 Å². The van der Waals surface area contributed by atoms with Crippen molar-refractivity contribution in [2.45, 2.75) is 12.8 Å². The van der Waals surface area contributed by atoms with Crippen LogP contribution in [-0.4, -0.2) is 24.0 Å². The lowest BCUT2D eigenvalue weighted by molar-refractivity contribution is -0.122. The van der Waals surface area contributed by atoms with Gasteiger partial charge in [0.1, 0.15) is 11.9 Å². The van der Waals surface area contributed by atoms with Gasteiger partial charge in [0.25, 0.3) is 0 Å². The second kappa shape index (κ2) is 5.41. The van der Waals surface area contributed by atoms with Crippen molar-refractivity contribution in [2.24, 2.45) is 11.7 Å². The number of primary amides is 1. The largest absolute Gasteiger partial charge is 0.369 e. The first-order valence-electron chi connectivity index (χ1n) is 7.03. The van der Waals surface area contributed by atoms with Crippen LogP contribution in [0.15, 0.2) is 30.3 Å². The topological polar surface area (TPSA) is 83.0 Å². The minimum absolute atomic E-state index is 0.168. The first-order chi connectivity index (χ1) is 10.2. The van der Waals surface area contributed by atoms with E-state index in [-0.39, 0.29) is 11.8 Å². The molecule has 0 radical (unpaired) electrons. The van der Waals surface area contributed by atoms with Crippen LogP contribution in [0.3, 0.4) is 0 Å². The van der Waals surface area contributed by atoms with Gasteiger partial charge in [0.15, 0.2) is 0 Å². The summed E-state index contributed by atoms with van der Waals surface area (Å²) in [7, 11) is 0. The van der Waals surface area contributed by atoms with Crippen molar-refractivity contribution >= 4 is 22.6 Å². The Hall–Kier alpha value is -2.61. The number of benzene rings is 1. The fraction of sp³-hybridized carbons (Fsp3) is 0.312. The number of pyridine rings is 1. The molecule has 2 N–H and O–H groups in total. The van der Waals surface area contributed by atoms with Gasteiger partial charge in [-0.25, -0.2) is 4.98 Å². The van der Waals surface area contributed by atoms with Crippen LogP contribution in [0.4, 0.5) is 5.82 Å². The monoisotopic (exact) mass is 280 g/mol. The highest BCUT2D eigenvalue weighted by molar-refractivity contribution is 5.83. The van der Waals surface area contributed by atoms with Crippen LogP contribution in [-0.2, 0) is 4.79 Å². The molecule has 1 aromatic heterocycles. The van der Waals surface area contributed by atoms with Crippen molar-refractivity contribution in [3.63, 3.8) is 0 Å². The molecule has 1 saturated heterocycles. The summed E-state index contributed by atoms with van der Waals surface area (Å²) in [5.74, 6) is 0.208. The highest BCUT2D eigenvalue weighted by Gasteiger charge is 2.26. The quantitative estimate of drug-likeness (QED) is 0.909. The number of hydrogen-bond acceptors (Lipinski definition) is 4. The minimum Gasteiger partial charge on any atom is -0.369 e. The number of piperidine rings is 1. The smallest absolute Gasteiger partial charge is 0.222 e. The number of carbonyl (C=O) groups excluding carboxylic acids is 1. The number of carbonyl (C=O) groups is 1. The third-order valence-electron chi connectivity index (χ3n) is 3.95. The lowest BCUT2D eigenvalue weighted by Gasteiger charge is -2.32. The fourth-order valence-corrected chi connectivity index (χ4v) is 2.83. The number of aromatic nitrogens is 1. The highest BCUT2D eigenvalue weighted by atomic mass is 16.1. The lowest BCUT2D eigenvalue weighted by Crippen LogP contribution is -2.41. The van der Waals surface area contributed by atoms with Crippen molar-refractivity contribution in [1.29, 1.82) is 5.26 Å². The van der Waals surface area contributed by atoms with Crippen LogP contribution in [0.5, 0.6) is 0 Å². The van der Waals surface area contributed by atoms with E-state index >= 15 is 0 Å². The number of nitriles is 1. The van der Waals surface area contributed by atoms with E-state index in [1.807, 2.05) is 35.2 Å². The molecule has 21 heavy (non-hydrogen) atoms. The molecule has 5 nitrogen and oxygen atoms in total. The van der Waals surface area contributed by atoms with E-state index in [0.29, 0.717) is 17.9 Å². The molecule has 106 valence electrons. The first kappa shape index (κ1) is 13.4. The summed E-state index contributed by atoms with van der Waals surface area (Å²) in [5, 5.41) is 10.3. The van der Waals surface area contributed by atoms with Gasteiger partial charge in [0, 0.05) is 18.5 Å². The third kappa shape index (κ3) is 2.52. The molecule has 0 saturated carbocycles. The summed E-state index contributed by atoms with van der Waals surface area (Å²) >= 11 is 0. The molecule has 1 unspecified atom stereocenters. The molecule has 5 heteroatoms. The number of nitrogens with zero attached hydrogens (tertiary/aromatic N) is 3. The maximum atomic E-state index is 11.4. The number of rotatable bonds is 2. The van der Waals surface area contributed by atoms with Crippen molar-refractivity contribution < 1.29 is 4.79 Å². The molecule has 2 aromatic rings. The predicted octanol–water partition coefficient (Wildman–Crippen LogP) is 1.81. The number of amides is 1. The van der Waals surface area contributed by atoms with Gasteiger partial charge in [0.2, 0.25) is 5.91 Å². The summed E-state index contributed by atoms with van der Waals surface area (Å²) in [5.41, 5.74) is 6.81. The molecule has 1 amide bonds. The number of nitrogens with two attached hydrogens (primary N) is 1. The van der Waals surface area contributed by atoms with Crippen molar-refractivity contribution in [1.82, 2.24) is 4.98 Å². The molecular weight excluding hydrogens is 264 g/mol. The lowest BCUT2D eigenvalue weighted by atomic mass is 9.97. The summed E-state index contributed by atoms with van der Waals surface area (Å²) < 4.78 is 0. The van der Waals surface area contributed by atoms with Crippen LogP contribution in [0.2, 0.25) is 0 Å². The molecule has 1 fully saturated rings. The molecular formula is C16H16N4O. The molecule has 0 spiro atoms. The standard InChI is InChI=1S/C16H16N4O/c17-9-13-8-11-4-1-2-6-14(11)19-16(13)20-7-3-5-12(10-20)15(18)21/h1-2,4,6,8,12H,3,5,7,10H2,(H2,18,21). The van der Waals surface area contributed by atoms with Gasteiger partial charge in [-0.15, -0.1) is 0 Å². The average Bonchev–Trinajstić information content (AvgIpc) is 2.53. The normalized spacial score (nSPS) is 18.4. The Morgan fingerprint density at radius 1 is 1.43 bits per heavy atom. The molecule has 0 aliphatic carbocycles. The Morgan fingerprint density at radius 2 is 2.24 bits per heavy atom. The summed E-state index contributed by atoms with van der Waals surface area (Å²) in [6.45, 7) is 1.33. The van der Waals surface area contributed by atoms with Crippen molar-refractivity contribution in [3.8, 4) is 6.07 Å². The Kier molecular flexibility index (Phi) is 3.44. The summed E-state index contributed by atoms with van der Waals surface area (Å²) in [6, 6.07) is 11.8. The average molecular weight is 280 g/mol. The fourth-order valence-electron chi connectivity index (χ4n) is 2.83. The van der Waals surface area contributed by atoms with Crippen LogP contribution in [0.1, 0.15) is 18.4 Å². The minimum atomic E-state index is -0.279. The molecule has 2 heterocycles. The molecule has 1 aliphatic heterocycles. The Balaban J connectivity index is 2.02. The van der Waals surface area contributed by atoms with Gasteiger partial charge < -0.3 is 10.6 Å². The van der Waals surface area contributed by atoms with Crippen LogP contribution < -0.4 is 10.6 Å². The third-order valence-corrected chi connectivity index (χ3v) is 3.95. The summed E-state index contributed by atoms with van der Waals surface area (Å²) in [4.78, 5) is 18.0. The second-order valence-electron chi connectivity index (χ2n) is 5.35. The van der Waals surface area contributed by atoms with Crippen LogP contribution in [0, 0.1) is 17.2 Å². The van der Waals surface area contributed by atoms with E-state index in [4.69, 9.17) is 5.73 Å². The summed E-state index contributed by atoms with van der Waals surface area (Å²) in [6.07, 6.45) is 1.69. The molecule has 1 aromatic carbocycles. The van der Waals surface area contributed by atoms with Gasteiger partial charge in [-0.2, -0.15) is 5.26 Å². The van der Waals surface area contributed by atoms with Gasteiger partial charge in [-0.05, 0) is 25.0 Å². The van der Waals surface area contributed by atoms with Gasteiger partial charge in [0.05, 0.1) is 17.0 Å². The van der Waals surface area contributed by atoms with E-state index in [1.165, 1.54) is 0 Å². The zero-order chi connectivity index (χ0) is 14.8. The van der Waals surface area contributed by atoms with Gasteiger partial charge >= 0.3 is 0 Å². The Morgan fingerprint density at radius 3 is 3.00 bits per heavy atom. The van der Waals surface area contributed by atoms with E-state index in [1.54, 1.807) is 0 Å².